The SMILES string of the molecule is CC(C)(C)OC(=O)N(C[C]=O)C(=O)OC(C)(C)C. The Labute approximate surface area is 107 Å². The molecule has 1 radical (unpaired) electrons. The second-order valence-corrected chi connectivity index (χ2v) is 5.69. The van der Waals surface area contributed by atoms with Crippen molar-refractivity contribution in [2.75, 3.05) is 6.54 Å². The highest BCUT2D eigenvalue weighted by atomic mass is 16.6. The topological polar surface area (TPSA) is 72.9 Å². The van der Waals surface area contributed by atoms with Crippen LogP contribution in [0.4, 0.5) is 9.59 Å². The van der Waals surface area contributed by atoms with Gasteiger partial charge in [-0.25, -0.2) is 14.5 Å². The minimum absolute atomic E-state index is 0.524. The van der Waals surface area contributed by atoms with E-state index in [1.54, 1.807) is 41.5 Å². The van der Waals surface area contributed by atoms with Gasteiger partial charge in [0.1, 0.15) is 17.7 Å². The molecule has 0 fully saturated rings. The molecule has 0 aliphatic heterocycles. The molecule has 0 unspecified atom stereocenters. The van der Waals surface area contributed by atoms with Gasteiger partial charge in [0.05, 0.1) is 0 Å². The molecule has 0 N–H and O–H groups in total. The van der Waals surface area contributed by atoms with E-state index in [1.807, 2.05) is 0 Å². The zero-order valence-corrected chi connectivity index (χ0v) is 11.7. The summed E-state index contributed by atoms with van der Waals surface area (Å²) in [5, 5.41) is 0. The van der Waals surface area contributed by atoms with Gasteiger partial charge in [-0.2, -0.15) is 0 Å². The van der Waals surface area contributed by atoms with E-state index in [-0.39, 0.29) is 0 Å². The number of nitrogens with zero attached hydrogens (tertiary/aromatic N) is 1. The lowest BCUT2D eigenvalue weighted by atomic mass is 10.2. The number of hydrogen-bond donors (Lipinski definition) is 0. The molecule has 0 saturated heterocycles. The monoisotopic (exact) mass is 258 g/mol. The summed E-state index contributed by atoms with van der Waals surface area (Å²) < 4.78 is 9.99. The second-order valence-electron chi connectivity index (χ2n) is 5.69. The molecule has 0 aliphatic rings. The standard InChI is InChI=1S/C12H20NO5/c1-11(2,3)17-9(15)13(7-8-14)10(16)18-12(4,5)6/h7H2,1-6H3. The van der Waals surface area contributed by atoms with E-state index in [0.717, 1.165) is 0 Å². The fraction of sp³-hybridized carbons (Fsp3) is 0.750. The highest BCUT2D eigenvalue weighted by Crippen LogP contribution is 2.13. The summed E-state index contributed by atoms with van der Waals surface area (Å²) in [5.74, 6) is 0. The fourth-order valence-electron chi connectivity index (χ4n) is 0.902. The van der Waals surface area contributed by atoms with E-state index in [1.165, 1.54) is 6.29 Å². The third-order valence-electron chi connectivity index (χ3n) is 1.45. The average molecular weight is 258 g/mol. The van der Waals surface area contributed by atoms with Crippen LogP contribution in [0.5, 0.6) is 0 Å². The molecule has 0 saturated carbocycles. The summed E-state index contributed by atoms with van der Waals surface area (Å²) in [5.41, 5.74) is -1.53. The minimum Gasteiger partial charge on any atom is -0.443 e. The van der Waals surface area contributed by atoms with E-state index >= 15 is 0 Å². The van der Waals surface area contributed by atoms with Gasteiger partial charge >= 0.3 is 12.2 Å². The molecule has 0 aromatic rings. The lowest BCUT2D eigenvalue weighted by Gasteiger charge is -2.27. The Balaban J connectivity index is 4.80. The number of amides is 2. The van der Waals surface area contributed by atoms with Gasteiger partial charge in [-0.1, -0.05) is 0 Å². The number of ether oxygens (including phenoxy) is 2. The van der Waals surface area contributed by atoms with Crippen LogP contribution in [0.3, 0.4) is 0 Å². The van der Waals surface area contributed by atoms with Crippen molar-refractivity contribution >= 4 is 18.5 Å². The molecule has 6 nitrogen and oxygen atoms in total. The van der Waals surface area contributed by atoms with Crippen LogP contribution in [0.25, 0.3) is 0 Å². The fourth-order valence-corrected chi connectivity index (χ4v) is 0.902. The summed E-state index contributed by atoms with van der Waals surface area (Å²) in [6.45, 7) is 9.41. The normalized spacial score (nSPS) is 11.7. The first kappa shape index (κ1) is 16.4. The lowest BCUT2D eigenvalue weighted by Crippen LogP contribution is -2.44. The predicted molar refractivity (Wildman–Crippen MR) is 64.9 cm³/mol. The molecular weight excluding hydrogens is 238 g/mol. The molecule has 0 aliphatic carbocycles. The van der Waals surface area contributed by atoms with Gasteiger partial charge in [0.15, 0.2) is 0 Å². The number of carbonyl (C=O) groups excluding carboxylic acids is 3. The van der Waals surface area contributed by atoms with Crippen LogP contribution in [-0.4, -0.2) is 41.1 Å². The van der Waals surface area contributed by atoms with Crippen LogP contribution in [0.2, 0.25) is 0 Å². The van der Waals surface area contributed by atoms with Crippen LogP contribution in [0.1, 0.15) is 41.5 Å². The molecular formula is C12H20NO5. The van der Waals surface area contributed by atoms with E-state index in [9.17, 15) is 14.4 Å². The molecule has 18 heavy (non-hydrogen) atoms. The molecule has 0 aromatic heterocycles. The lowest BCUT2D eigenvalue weighted by molar-refractivity contribution is 0.00437. The van der Waals surface area contributed by atoms with Crippen molar-refractivity contribution in [1.29, 1.82) is 0 Å². The maximum Gasteiger partial charge on any atom is 0.420 e. The van der Waals surface area contributed by atoms with Crippen molar-refractivity contribution in [3.05, 3.63) is 0 Å². The van der Waals surface area contributed by atoms with Crippen molar-refractivity contribution in [1.82, 2.24) is 4.90 Å². The highest BCUT2D eigenvalue weighted by Gasteiger charge is 2.30. The Hall–Kier alpha value is -1.59. The van der Waals surface area contributed by atoms with Gasteiger partial charge < -0.3 is 9.47 Å². The van der Waals surface area contributed by atoms with E-state index in [2.05, 4.69) is 0 Å². The van der Waals surface area contributed by atoms with Crippen molar-refractivity contribution in [3.8, 4) is 0 Å². The predicted octanol–water partition coefficient (Wildman–Crippen LogP) is 2.27. The van der Waals surface area contributed by atoms with Gasteiger partial charge in [0, 0.05) is 0 Å². The van der Waals surface area contributed by atoms with Crippen LogP contribution in [-0.2, 0) is 14.3 Å². The average Bonchev–Trinajstić information content (AvgIpc) is 2.07. The third-order valence-corrected chi connectivity index (χ3v) is 1.45. The number of carbonyl (C=O) groups is 2. The number of imide groups is 1. The summed E-state index contributed by atoms with van der Waals surface area (Å²) in [7, 11) is 0. The van der Waals surface area contributed by atoms with E-state index in [0.29, 0.717) is 4.90 Å². The van der Waals surface area contributed by atoms with Crippen LogP contribution in [0.15, 0.2) is 0 Å². The first-order valence-electron chi connectivity index (χ1n) is 5.55. The number of hydrogen-bond acceptors (Lipinski definition) is 5. The minimum atomic E-state index is -0.930. The first-order chi connectivity index (χ1) is 7.96. The summed E-state index contributed by atoms with van der Waals surface area (Å²) in [4.78, 5) is 34.3. The number of rotatable bonds is 2. The van der Waals surface area contributed by atoms with Gasteiger partial charge in [-0.05, 0) is 41.5 Å². The smallest absolute Gasteiger partial charge is 0.420 e. The summed E-state index contributed by atoms with van der Waals surface area (Å²) >= 11 is 0. The highest BCUT2D eigenvalue weighted by molar-refractivity contribution is 5.90. The zero-order valence-electron chi connectivity index (χ0n) is 11.7. The Morgan fingerprint density at radius 2 is 1.28 bits per heavy atom. The quantitative estimate of drug-likeness (QED) is 0.759. The molecule has 103 valence electrons. The molecule has 0 aromatic carbocycles. The van der Waals surface area contributed by atoms with Gasteiger partial charge in [0.25, 0.3) is 0 Å². The van der Waals surface area contributed by atoms with Crippen molar-refractivity contribution < 1.29 is 23.9 Å². The Morgan fingerprint density at radius 3 is 1.50 bits per heavy atom. The van der Waals surface area contributed by atoms with Gasteiger partial charge in [-0.15, -0.1) is 0 Å². The Kier molecular flexibility index (Phi) is 5.32. The Morgan fingerprint density at radius 1 is 0.944 bits per heavy atom. The molecule has 0 heterocycles. The third kappa shape index (κ3) is 6.88. The molecule has 0 spiro atoms. The summed E-state index contributed by atoms with van der Waals surface area (Å²) in [6.07, 6.45) is -0.386. The van der Waals surface area contributed by atoms with Gasteiger partial charge in [-0.3, -0.25) is 4.79 Å². The van der Waals surface area contributed by atoms with Crippen molar-refractivity contribution in [3.63, 3.8) is 0 Å². The van der Waals surface area contributed by atoms with Crippen LogP contribution < -0.4 is 0 Å². The van der Waals surface area contributed by atoms with Crippen molar-refractivity contribution in [2.45, 2.75) is 52.7 Å². The molecule has 6 heteroatoms. The Bertz CT molecular complexity index is 296. The molecule has 0 rings (SSSR count). The molecule has 2 amide bonds. The van der Waals surface area contributed by atoms with Crippen LogP contribution in [0, 0.1) is 0 Å². The van der Waals surface area contributed by atoms with Crippen molar-refractivity contribution in [2.24, 2.45) is 0 Å². The second kappa shape index (κ2) is 5.84. The van der Waals surface area contributed by atoms with E-state index in [4.69, 9.17) is 9.47 Å². The van der Waals surface area contributed by atoms with Crippen LogP contribution >= 0.6 is 0 Å². The maximum atomic E-state index is 11.7. The van der Waals surface area contributed by atoms with E-state index < -0.39 is 29.9 Å². The zero-order chi connectivity index (χ0) is 14.6. The molecule has 0 atom stereocenters. The largest absolute Gasteiger partial charge is 0.443 e. The summed E-state index contributed by atoms with van der Waals surface area (Å²) in [6, 6.07) is 0. The molecule has 0 bridgehead atoms. The maximum absolute atomic E-state index is 11.7. The van der Waals surface area contributed by atoms with Gasteiger partial charge in [0.2, 0.25) is 6.29 Å². The first-order valence-corrected chi connectivity index (χ1v) is 5.55.